The third-order valence-corrected chi connectivity index (χ3v) is 9.13. The molecule has 1 N–H and O–H groups in total. The Morgan fingerprint density at radius 2 is 1.50 bits per heavy atom. The SMILES string of the molecule is CC(=O)OC1CC(C)(O)C23CC(CC(OC(=O)C=Cc4ccccc4)C2(OC(C)=O)C1OC(=O)c1ccccc1)C(C)(C)O3. The van der Waals surface area contributed by atoms with Crippen molar-refractivity contribution in [2.24, 2.45) is 5.92 Å². The lowest BCUT2D eigenvalue weighted by atomic mass is 9.53. The molecular weight excluding hydrogens is 568 g/mol. The van der Waals surface area contributed by atoms with E-state index in [2.05, 4.69) is 0 Å². The molecule has 10 heteroatoms. The van der Waals surface area contributed by atoms with Gasteiger partial charge in [0.15, 0.2) is 6.10 Å². The lowest BCUT2D eigenvalue weighted by Crippen LogP contribution is -2.83. The average molecular weight is 607 g/mol. The molecule has 44 heavy (non-hydrogen) atoms. The van der Waals surface area contributed by atoms with Crippen LogP contribution in [0, 0.1) is 5.92 Å². The van der Waals surface area contributed by atoms with E-state index in [9.17, 15) is 24.3 Å². The third kappa shape index (κ3) is 5.41. The Morgan fingerprint density at radius 3 is 2.11 bits per heavy atom. The first-order chi connectivity index (χ1) is 20.7. The molecular formula is C34H38O10. The van der Waals surface area contributed by atoms with Crippen molar-refractivity contribution in [2.45, 2.75) is 94.6 Å². The van der Waals surface area contributed by atoms with Crippen LogP contribution in [0.5, 0.6) is 0 Å². The van der Waals surface area contributed by atoms with E-state index < -0.39 is 64.6 Å². The number of ether oxygens (including phenoxy) is 5. The van der Waals surface area contributed by atoms with Crippen molar-refractivity contribution < 1.29 is 48.0 Å². The fourth-order valence-electron chi connectivity index (χ4n) is 7.30. The van der Waals surface area contributed by atoms with Gasteiger partial charge in [0.25, 0.3) is 0 Å². The van der Waals surface area contributed by atoms with Crippen molar-refractivity contribution in [3.63, 3.8) is 0 Å². The summed E-state index contributed by atoms with van der Waals surface area (Å²) in [5.41, 5.74) is -5.53. The van der Waals surface area contributed by atoms with Crippen molar-refractivity contribution in [3.8, 4) is 0 Å². The molecule has 2 saturated carbocycles. The summed E-state index contributed by atoms with van der Waals surface area (Å²) in [7, 11) is 0. The van der Waals surface area contributed by atoms with Crippen molar-refractivity contribution in [3.05, 3.63) is 77.9 Å². The summed E-state index contributed by atoms with van der Waals surface area (Å²) in [6.45, 7) is 7.57. The van der Waals surface area contributed by atoms with Crippen LogP contribution in [0.2, 0.25) is 0 Å². The normalized spacial score (nSPS) is 33.6. The van der Waals surface area contributed by atoms with Gasteiger partial charge in [0.2, 0.25) is 5.60 Å². The molecule has 7 unspecified atom stereocenters. The van der Waals surface area contributed by atoms with Gasteiger partial charge in [-0.25, -0.2) is 9.59 Å². The molecule has 3 fully saturated rings. The fourth-order valence-corrected chi connectivity index (χ4v) is 7.30. The van der Waals surface area contributed by atoms with Crippen LogP contribution in [0.25, 0.3) is 6.08 Å². The lowest BCUT2D eigenvalue weighted by molar-refractivity contribution is -0.352. The summed E-state index contributed by atoms with van der Waals surface area (Å²) in [6, 6.07) is 17.3. The van der Waals surface area contributed by atoms with Gasteiger partial charge in [-0.2, -0.15) is 0 Å². The number of carbonyl (C=O) groups is 4. The number of esters is 4. The van der Waals surface area contributed by atoms with Crippen LogP contribution in [0.4, 0.5) is 0 Å². The Hall–Kier alpha value is -4.02. The van der Waals surface area contributed by atoms with Gasteiger partial charge in [-0.1, -0.05) is 48.5 Å². The van der Waals surface area contributed by atoms with Crippen LogP contribution in [0.3, 0.4) is 0 Å². The molecule has 2 aromatic carbocycles. The molecule has 1 saturated heterocycles. The van der Waals surface area contributed by atoms with Crippen LogP contribution >= 0.6 is 0 Å². The Morgan fingerprint density at radius 1 is 0.864 bits per heavy atom. The maximum Gasteiger partial charge on any atom is 0.338 e. The Bertz CT molecular complexity index is 1450. The lowest BCUT2D eigenvalue weighted by Gasteiger charge is -2.63. The van der Waals surface area contributed by atoms with Crippen molar-refractivity contribution in [1.82, 2.24) is 0 Å². The maximum absolute atomic E-state index is 13.6. The van der Waals surface area contributed by atoms with E-state index >= 15 is 0 Å². The fraction of sp³-hybridized carbons (Fsp3) is 0.471. The minimum Gasteiger partial charge on any atom is -0.458 e. The third-order valence-electron chi connectivity index (χ3n) is 9.13. The van der Waals surface area contributed by atoms with Crippen LogP contribution in [-0.4, -0.2) is 69.7 Å². The van der Waals surface area contributed by atoms with E-state index in [4.69, 9.17) is 23.7 Å². The minimum absolute atomic E-state index is 0.148. The van der Waals surface area contributed by atoms with Gasteiger partial charge in [-0.3, -0.25) is 9.59 Å². The van der Waals surface area contributed by atoms with Gasteiger partial charge < -0.3 is 28.8 Å². The van der Waals surface area contributed by atoms with E-state index in [0.717, 1.165) is 5.56 Å². The van der Waals surface area contributed by atoms with Gasteiger partial charge >= 0.3 is 23.9 Å². The predicted molar refractivity (Wildman–Crippen MR) is 157 cm³/mol. The second-order valence-corrected chi connectivity index (χ2v) is 12.5. The summed E-state index contributed by atoms with van der Waals surface area (Å²) >= 11 is 0. The number of aliphatic hydroxyl groups is 1. The van der Waals surface area contributed by atoms with Gasteiger partial charge in [-0.05, 0) is 63.3 Å². The Kier molecular flexibility index (Phi) is 8.20. The van der Waals surface area contributed by atoms with E-state index in [1.165, 1.54) is 26.8 Å². The zero-order chi connectivity index (χ0) is 31.9. The van der Waals surface area contributed by atoms with Crippen LogP contribution in [-0.2, 0) is 38.1 Å². The number of benzene rings is 2. The van der Waals surface area contributed by atoms with E-state index in [-0.39, 0.29) is 30.7 Å². The van der Waals surface area contributed by atoms with Crippen molar-refractivity contribution in [1.29, 1.82) is 0 Å². The average Bonchev–Trinajstić information content (AvgIpc) is 3.20. The van der Waals surface area contributed by atoms with Gasteiger partial charge in [0.05, 0.1) is 16.8 Å². The number of hydrogen-bond donors (Lipinski definition) is 1. The molecule has 0 amide bonds. The first-order valence-corrected chi connectivity index (χ1v) is 14.7. The number of carbonyl (C=O) groups excluding carboxylic acids is 4. The summed E-state index contributed by atoms with van der Waals surface area (Å²) in [6.07, 6.45) is -1.10. The van der Waals surface area contributed by atoms with Gasteiger partial charge in [-0.15, -0.1) is 0 Å². The Balaban J connectivity index is 1.68. The number of rotatable bonds is 7. The molecule has 3 aliphatic rings. The Labute approximate surface area is 256 Å². The predicted octanol–water partition coefficient (Wildman–Crippen LogP) is 4.18. The molecule has 2 aromatic rings. The van der Waals surface area contributed by atoms with Crippen LogP contribution in [0.1, 0.15) is 69.8 Å². The monoisotopic (exact) mass is 606 g/mol. The molecule has 7 atom stereocenters. The molecule has 2 bridgehead atoms. The van der Waals surface area contributed by atoms with Crippen molar-refractivity contribution in [2.75, 3.05) is 0 Å². The topological polar surface area (TPSA) is 135 Å². The highest BCUT2D eigenvalue weighted by molar-refractivity contribution is 5.90. The molecule has 1 heterocycles. The quantitative estimate of drug-likeness (QED) is 0.278. The molecule has 10 nitrogen and oxygen atoms in total. The maximum atomic E-state index is 13.6. The summed E-state index contributed by atoms with van der Waals surface area (Å²) in [5, 5.41) is 12.2. The van der Waals surface area contributed by atoms with Crippen LogP contribution < -0.4 is 0 Å². The summed E-state index contributed by atoms with van der Waals surface area (Å²) in [4.78, 5) is 52.4. The molecule has 1 spiro atoms. The molecule has 5 rings (SSSR count). The number of hydrogen-bond acceptors (Lipinski definition) is 10. The summed E-state index contributed by atoms with van der Waals surface area (Å²) < 4.78 is 30.8. The van der Waals surface area contributed by atoms with Gasteiger partial charge in [0.1, 0.15) is 17.8 Å². The zero-order valence-electron chi connectivity index (χ0n) is 25.5. The first-order valence-electron chi connectivity index (χ1n) is 14.7. The summed E-state index contributed by atoms with van der Waals surface area (Å²) in [5.74, 6) is -3.28. The molecule has 1 aliphatic heterocycles. The largest absolute Gasteiger partial charge is 0.458 e. The van der Waals surface area contributed by atoms with Gasteiger partial charge in [0, 0.05) is 26.3 Å². The second kappa shape index (κ2) is 11.5. The van der Waals surface area contributed by atoms with E-state index in [1.54, 1.807) is 36.4 Å². The molecule has 2 aliphatic carbocycles. The molecule has 234 valence electrons. The highest BCUT2D eigenvalue weighted by Crippen LogP contribution is 2.65. The second-order valence-electron chi connectivity index (χ2n) is 12.5. The molecule has 0 radical (unpaired) electrons. The smallest absolute Gasteiger partial charge is 0.338 e. The first kappa shape index (κ1) is 31.4. The van der Waals surface area contributed by atoms with E-state index in [0.29, 0.717) is 0 Å². The highest BCUT2D eigenvalue weighted by atomic mass is 16.7. The standard InChI is InChI=1S/C34H38O10/c1-21(35)40-26-20-32(5,39)33-19-25(31(3,4)44-33)18-27(41-28(37)17-16-23-12-8-6-9-13-23)34(33,43-22(2)36)29(26)42-30(38)24-14-10-7-11-15-24/h6-17,25-27,29,39H,18-20H2,1-5H3. The number of fused-ring (bicyclic) bond motifs is 1. The van der Waals surface area contributed by atoms with E-state index in [1.807, 2.05) is 44.2 Å². The molecule has 0 aromatic heterocycles. The van der Waals surface area contributed by atoms with Crippen molar-refractivity contribution >= 4 is 30.0 Å². The highest BCUT2D eigenvalue weighted by Gasteiger charge is 2.83. The zero-order valence-corrected chi connectivity index (χ0v) is 25.5. The minimum atomic E-state index is -2.11. The van der Waals surface area contributed by atoms with Crippen LogP contribution in [0.15, 0.2) is 66.7 Å².